The maximum atomic E-state index is 13.5. The fourth-order valence-electron chi connectivity index (χ4n) is 4.24. The number of hydrogen-bond donors (Lipinski definition) is 3. The van der Waals surface area contributed by atoms with Gasteiger partial charge < -0.3 is 10.3 Å². The number of nitrogens with zero attached hydrogens (tertiary/aromatic N) is 4. The molecule has 0 aliphatic heterocycles. The third-order valence-corrected chi connectivity index (χ3v) is 6.53. The highest BCUT2D eigenvalue weighted by Gasteiger charge is 2.18. The van der Waals surface area contributed by atoms with E-state index in [1.807, 2.05) is 36.4 Å². The Hall–Kier alpha value is -4.85. The molecule has 0 bridgehead atoms. The van der Waals surface area contributed by atoms with Crippen LogP contribution in [0.2, 0.25) is 0 Å². The van der Waals surface area contributed by atoms with Gasteiger partial charge in [0.2, 0.25) is 0 Å². The fourth-order valence-corrected chi connectivity index (χ4v) is 4.24. The monoisotopic (exact) mass is 503 g/mol. The molecule has 4 aromatic heterocycles. The molecule has 6 aromatic rings. The van der Waals surface area contributed by atoms with Gasteiger partial charge in [0.1, 0.15) is 11.3 Å². The molecule has 3 N–H and O–H groups in total. The number of aromatic nitrogens is 6. The third kappa shape index (κ3) is 4.30. The second-order valence-electron chi connectivity index (χ2n) is 10.3. The quantitative estimate of drug-likeness (QED) is 0.229. The van der Waals surface area contributed by atoms with Gasteiger partial charge >= 0.3 is 0 Å². The molecule has 0 amide bonds. The highest BCUT2D eigenvalue weighted by molar-refractivity contribution is 5.96. The predicted molar refractivity (Wildman–Crippen MR) is 150 cm³/mol. The normalized spacial score (nSPS) is 11.8. The smallest absolute Gasteiger partial charge is 0.161 e. The molecular weight excluding hydrogens is 477 g/mol. The summed E-state index contributed by atoms with van der Waals surface area (Å²) < 4.78 is 13.5. The van der Waals surface area contributed by atoms with Gasteiger partial charge in [-0.25, -0.2) is 14.4 Å². The van der Waals surface area contributed by atoms with Gasteiger partial charge in [-0.15, -0.1) is 0 Å². The molecular formula is C30H26FN7. The van der Waals surface area contributed by atoms with Gasteiger partial charge in [-0.3, -0.25) is 10.1 Å². The molecule has 4 heterocycles. The van der Waals surface area contributed by atoms with Crippen LogP contribution in [0.1, 0.15) is 20.8 Å². The van der Waals surface area contributed by atoms with Crippen molar-refractivity contribution in [2.45, 2.75) is 20.8 Å². The topological polar surface area (TPSA) is 95.2 Å². The van der Waals surface area contributed by atoms with Gasteiger partial charge in [-0.05, 0) is 42.0 Å². The zero-order chi connectivity index (χ0) is 26.4. The van der Waals surface area contributed by atoms with Crippen LogP contribution in [0.3, 0.4) is 0 Å². The first kappa shape index (κ1) is 23.5. The number of halogens is 1. The lowest BCUT2D eigenvalue weighted by Gasteiger charge is -2.23. The van der Waals surface area contributed by atoms with Crippen molar-refractivity contribution >= 4 is 27.8 Å². The maximum Gasteiger partial charge on any atom is 0.161 e. The van der Waals surface area contributed by atoms with E-state index < -0.39 is 0 Å². The molecule has 6 rings (SSSR count). The number of rotatable bonds is 5. The average molecular weight is 504 g/mol. The second kappa shape index (κ2) is 8.92. The Morgan fingerprint density at radius 2 is 1.71 bits per heavy atom. The number of benzene rings is 2. The van der Waals surface area contributed by atoms with Crippen LogP contribution in [-0.2, 0) is 0 Å². The average Bonchev–Trinajstić information content (AvgIpc) is 3.52. The molecule has 0 radical (unpaired) electrons. The van der Waals surface area contributed by atoms with E-state index in [1.54, 1.807) is 24.5 Å². The summed E-state index contributed by atoms with van der Waals surface area (Å²) in [6.07, 6.45) is 3.56. The van der Waals surface area contributed by atoms with Crippen molar-refractivity contribution in [2.75, 3.05) is 5.32 Å². The number of H-pyrrole nitrogens is 2. The van der Waals surface area contributed by atoms with Crippen molar-refractivity contribution in [1.82, 2.24) is 30.1 Å². The van der Waals surface area contributed by atoms with E-state index in [4.69, 9.17) is 9.97 Å². The van der Waals surface area contributed by atoms with Crippen LogP contribution in [0.15, 0.2) is 85.3 Å². The van der Waals surface area contributed by atoms with E-state index in [0.29, 0.717) is 17.0 Å². The molecule has 0 saturated heterocycles. The lowest BCUT2D eigenvalue weighted by atomic mass is 9.93. The molecule has 0 unspecified atom stereocenters. The van der Waals surface area contributed by atoms with Gasteiger partial charge in [-0.1, -0.05) is 51.6 Å². The van der Waals surface area contributed by atoms with Crippen molar-refractivity contribution in [3.63, 3.8) is 0 Å². The number of pyridine rings is 2. The van der Waals surface area contributed by atoms with E-state index in [9.17, 15) is 4.39 Å². The Morgan fingerprint density at radius 1 is 0.895 bits per heavy atom. The number of allylic oxidation sites excluding steroid dienone is 1. The molecule has 7 nitrogen and oxygen atoms in total. The summed E-state index contributed by atoms with van der Waals surface area (Å²) in [5.74, 6) is 0.324. The van der Waals surface area contributed by atoms with Crippen LogP contribution in [0.5, 0.6) is 0 Å². The number of nitrogens with one attached hydrogen (secondary N) is 3. The van der Waals surface area contributed by atoms with Gasteiger partial charge in [0.25, 0.3) is 0 Å². The Bertz CT molecular complexity index is 1810. The van der Waals surface area contributed by atoms with Crippen LogP contribution in [0.4, 0.5) is 10.1 Å². The zero-order valence-electron chi connectivity index (χ0n) is 21.3. The number of fused-ring (bicyclic) bond motifs is 2. The summed E-state index contributed by atoms with van der Waals surface area (Å²) in [6, 6.07) is 18.2. The molecule has 0 aliphatic rings. The molecule has 0 spiro atoms. The second-order valence-corrected chi connectivity index (χ2v) is 10.3. The Balaban J connectivity index is 1.39. The van der Waals surface area contributed by atoms with Crippen LogP contribution < -0.4 is 5.32 Å². The highest BCUT2D eigenvalue weighted by Crippen LogP contribution is 2.32. The summed E-state index contributed by atoms with van der Waals surface area (Å²) >= 11 is 0. The molecule has 0 atom stereocenters. The van der Waals surface area contributed by atoms with E-state index in [1.165, 1.54) is 12.1 Å². The summed E-state index contributed by atoms with van der Waals surface area (Å²) in [6.45, 7) is 10.5. The molecule has 188 valence electrons. The van der Waals surface area contributed by atoms with Crippen LogP contribution in [0.25, 0.3) is 56.0 Å². The first-order valence-electron chi connectivity index (χ1n) is 12.3. The maximum absolute atomic E-state index is 13.5. The third-order valence-electron chi connectivity index (χ3n) is 6.53. The fraction of sp³-hybridized carbons (Fsp3) is 0.133. The number of hydrogen-bond acceptors (Lipinski definition) is 5. The standard InChI is InChI=1S/C30H26FN7/c1-17(30(2,3)4)33-21-14-19(15-32-16-21)23-12-13-25-27(34-23)28(38-37-25)29-35-24-7-5-6-22(26(24)36-29)18-8-10-20(31)11-9-18/h5-16,33H,1H2,2-4H3,(H,35,36)(H,37,38). The van der Waals surface area contributed by atoms with E-state index >= 15 is 0 Å². The van der Waals surface area contributed by atoms with Crippen LogP contribution in [-0.4, -0.2) is 30.1 Å². The van der Waals surface area contributed by atoms with E-state index in [-0.39, 0.29) is 11.2 Å². The lowest BCUT2D eigenvalue weighted by molar-refractivity contribution is 0.509. The van der Waals surface area contributed by atoms with Gasteiger partial charge in [0.05, 0.1) is 34.1 Å². The number of imidazole rings is 1. The lowest BCUT2D eigenvalue weighted by Crippen LogP contribution is -2.15. The molecule has 0 aliphatic carbocycles. The highest BCUT2D eigenvalue weighted by atomic mass is 19.1. The first-order chi connectivity index (χ1) is 18.3. The minimum absolute atomic E-state index is 0.0813. The van der Waals surface area contributed by atoms with Crippen molar-refractivity contribution in [3.05, 3.63) is 91.2 Å². The van der Waals surface area contributed by atoms with Gasteiger partial charge in [0.15, 0.2) is 11.5 Å². The first-order valence-corrected chi connectivity index (χ1v) is 12.3. The predicted octanol–water partition coefficient (Wildman–Crippen LogP) is 7.34. The van der Waals surface area contributed by atoms with Crippen molar-refractivity contribution in [3.8, 4) is 33.9 Å². The molecule has 0 saturated carbocycles. The number of para-hydroxylation sites is 1. The summed E-state index contributed by atoms with van der Waals surface area (Å²) in [5.41, 5.74) is 8.85. The minimum atomic E-state index is -0.274. The van der Waals surface area contributed by atoms with Crippen LogP contribution >= 0.6 is 0 Å². The summed E-state index contributed by atoms with van der Waals surface area (Å²) in [5, 5.41) is 10.9. The SMILES string of the molecule is C=C(Nc1cncc(-c2ccc3[nH]nc(-c4nc5c(-c6ccc(F)cc6)cccc5[nH]4)c3n2)c1)C(C)(C)C. The molecule has 8 heteroatoms. The van der Waals surface area contributed by atoms with Crippen LogP contribution in [0, 0.1) is 11.2 Å². The van der Waals surface area contributed by atoms with E-state index in [2.05, 4.69) is 52.8 Å². The Labute approximate surface area is 218 Å². The summed E-state index contributed by atoms with van der Waals surface area (Å²) in [7, 11) is 0. The molecule has 0 fully saturated rings. The largest absolute Gasteiger partial charge is 0.358 e. The van der Waals surface area contributed by atoms with E-state index in [0.717, 1.165) is 50.3 Å². The van der Waals surface area contributed by atoms with Gasteiger partial charge in [-0.2, -0.15) is 5.10 Å². The minimum Gasteiger partial charge on any atom is -0.358 e. The molecule has 2 aromatic carbocycles. The Kier molecular flexibility index (Phi) is 5.52. The number of anilines is 1. The number of aromatic amines is 2. The Morgan fingerprint density at radius 3 is 2.50 bits per heavy atom. The van der Waals surface area contributed by atoms with Crippen molar-refractivity contribution in [2.24, 2.45) is 5.41 Å². The zero-order valence-corrected chi connectivity index (χ0v) is 21.3. The van der Waals surface area contributed by atoms with Gasteiger partial charge in [0, 0.05) is 28.4 Å². The van der Waals surface area contributed by atoms with Crippen molar-refractivity contribution in [1.29, 1.82) is 0 Å². The van der Waals surface area contributed by atoms with Crippen molar-refractivity contribution < 1.29 is 4.39 Å². The molecule has 38 heavy (non-hydrogen) atoms. The summed E-state index contributed by atoms with van der Waals surface area (Å²) in [4.78, 5) is 17.6.